The van der Waals surface area contributed by atoms with Gasteiger partial charge in [-0.15, -0.1) is 0 Å². The molecule has 0 bridgehead atoms. The molecule has 1 N–H and O–H groups in total. The fourth-order valence-electron chi connectivity index (χ4n) is 4.90. The maximum absolute atomic E-state index is 11.5. The van der Waals surface area contributed by atoms with E-state index in [1.807, 2.05) is 78.1 Å². The van der Waals surface area contributed by atoms with Crippen molar-refractivity contribution in [2.24, 2.45) is 10.8 Å². The van der Waals surface area contributed by atoms with Crippen LogP contribution in [0.5, 0.6) is 0 Å². The summed E-state index contributed by atoms with van der Waals surface area (Å²) >= 11 is -2.00. The van der Waals surface area contributed by atoms with Crippen LogP contribution in [0.15, 0.2) is 84.8 Å². The molecule has 0 saturated carbocycles. The minimum absolute atomic E-state index is 0. The molecular weight excluding hydrogens is 781 g/mol. The Morgan fingerprint density at radius 3 is 2.07 bits per heavy atom. The number of benzene rings is 4. The number of ketones is 1. The van der Waals surface area contributed by atoms with E-state index in [-0.39, 0.29) is 37.1 Å². The first-order valence-corrected chi connectivity index (χ1v) is 22.0. The normalized spacial score (nSPS) is 12.3. The first-order chi connectivity index (χ1) is 20.0. The zero-order chi connectivity index (χ0) is 31.7. The van der Waals surface area contributed by atoms with Crippen LogP contribution in [0.25, 0.3) is 43.6 Å². The van der Waals surface area contributed by atoms with Gasteiger partial charge in [0.1, 0.15) is 5.76 Å². The molecule has 1 heterocycles. The number of pyridine rings is 1. The molecule has 0 amide bonds. The Morgan fingerprint density at radius 2 is 1.45 bits per heavy atom. The van der Waals surface area contributed by atoms with Crippen LogP contribution in [-0.2, 0) is 24.9 Å². The molecule has 1 radical (unpaired) electrons. The van der Waals surface area contributed by atoms with Crippen LogP contribution in [0.3, 0.4) is 0 Å². The molecule has 0 unspecified atom stereocenters. The van der Waals surface area contributed by atoms with E-state index in [0.717, 1.165) is 27.4 Å². The Balaban J connectivity index is 0.000000324. The first-order valence-electron chi connectivity index (χ1n) is 14.6. The van der Waals surface area contributed by atoms with E-state index in [9.17, 15) is 15.2 Å². The van der Waals surface area contributed by atoms with Gasteiger partial charge in [-0.3, -0.25) is 4.79 Å². The monoisotopic (exact) mass is 824 g/mol. The number of carbonyl (C=O) groups is 1. The molecular formula is C38H41GeIrN2O2-. The summed E-state index contributed by atoms with van der Waals surface area (Å²) < 4.78 is 1.52. The maximum Gasteiger partial charge on any atom is 0 e. The van der Waals surface area contributed by atoms with Gasteiger partial charge in [-0.25, -0.2) is 0 Å². The molecule has 229 valence electrons. The molecule has 0 saturated heterocycles. The van der Waals surface area contributed by atoms with Crippen molar-refractivity contribution in [3.8, 4) is 17.3 Å². The summed E-state index contributed by atoms with van der Waals surface area (Å²) in [6.07, 6.45) is 3.21. The SMILES string of the molecule is CC(C)(C)C(=O)/C=C(\O)C(C)(C)C.[CH3][Ge]([CH3])([CH3])[c]1cccc2c1ccc1c(-c3[c-]c4ccccc4c(C#N)c3)nccc12.[Ir]. The van der Waals surface area contributed by atoms with E-state index in [1.54, 1.807) is 0 Å². The standard InChI is InChI=1S/C27H21GeN2.C11H20O2.Ir/c1-28(2,3)26-10-6-9-22-23-13-14-30-27(25(23)12-11-24(22)26)19-15-18-7-4-5-8-21(18)20(16-19)17-29;1-10(2,3)8(12)7-9(13)11(4,5)6;/h4-14,16H,1-3H3;7,12H,1-6H3;/q-1;;/b;8-7-;. The van der Waals surface area contributed by atoms with Gasteiger partial charge < -0.3 is 5.11 Å². The molecule has 1 aromatic heterocycles. The van der Waals surface area contributed by atoms with Crippen LogP contribution in [0.1, 0.15) is 47.1 Å². The van der Waals surface area contributed by atoms with Gasteiger partial charge in [-0.2, -0.15) is 0 Å². The number of aliphatic hydroxyl groups is 1. The molecule has 0 atom stereocenters. The van der Waals surface area contributed by atoms with Crippen LogP contribution < -0.4 is 4.40 Å². The number of aromatic nitrogens is 1. The molecule has 0 fully saturated rings. The van der Waals surface area contributed by atoms with Gasteiger partial charge >= 0.3 is 179 Å². The number of hydrogen-bond acceptors (Lipinski definition) is 4. The average molecular weight is 823 g/mol. The third kappa shape index (κ3) is 7.67. The fourth-order valence-corrected chi connectivity index (χ4v) is 8.30. The Labute approximate surface area is 277 Å². The third-order valence-corrected chi connectivity index (χ3v) is 11.8. The first kappa shape index (κ1) is 35.2. The van der Waals surface area contributed by atoms with E-state index in [4.69, 9.17) is 4.98 Å². The second-order valence-corrected chi connectivity index (χ2v) is 24.7. The number of rotatable bonds is 3. The van der Waals surface area contributed by atoms with E-state index < -0.39 is 18.7 Å². The van der Waals surface area contributed by atoms with Gasteiger partial charge in [-0.1, -0.05) is 41.5 Å². The molecule has 4 nitrogen and oxygen atoms in total. The third-order valence-electron chi connectivity index (χ3n) is 7.54. The van der Waals surface area contributed by atoms with E-state index in [2.05, 4.69) is 65.8 Å². The number of hydrogen-bond donors (Lipinski definition) is 1. The number of fused-ring (bicyclic) bond motifs is 4. The van der Waals surface area contributed by atoms with Gasteiger partial charge in [0.05, 0.1) is 0 Å². The van der Waals surface area contributed by atoms with Crippen LogP contribution in [-0.4, -0.2) is 29.1 Å². The molecule has 0 aliphatic rings. The van der Waals surface area contributed by atoms with Crippen LogP contribution in [0, 0.1) is 28.2 Å². The average Bonchev–Trinajstić information content (AvgIpc) is 2.94. The molecule has 5 rings (SSSR count). The topological polar surface area (TPSA) is 74.0 Å². The number of aliphatic hydroxyl groups excluding tert-OH is 1. The quantitative estimate of drug-likeness (QED) is 0.0648. The summed E-state index contributed by atoms with van der Waals surface area (Å²) in [6, 6.07) is 28.9. The Morgan fingerprint density at radius 1 is 0.841 bits per heavy atom. The van der Waals surface area contributed by atoms with Crippen molar-refractivity contribution in [1.29, 1.82) is 5.26 Å². The second-order valence-electron chi connectivity index (χ2n) is 14.1. The molecule has 0 spiro atoms. The van der Waals surface area contributed by atoms with Crippen molar-refractivity contribution in [3.05, 3.63) is 96.4 Å². The number of nitrogens with zero attached hydrogens (tertiary/aromatic N) is 2. The Kier molecular flexibility index (Phi) is 10.7. The van der Waals surface area contributed by atoms with Crippen molar-refractivity contribution in [2.75, 3.05) is 0 Å². The molecule has 5 aromatic rings. The van der Waals surface area contributed by atoms with Gasteiger partial charge in [0.2, 0.25) is 0 Å². The van der Waals surface area contributed by atoms with Crippen LogP contribution >= 0.6 is 0 Å². The zero-order valence-electron chi connectivity index (χ0n) is 27.1. The zero-order valence-corrected chi connectivity index (χ0v) is 31.6. The van der Waals surface area contributed by atoms with Crippen LogP contribution in [0.4, 0.5) is 0 Å². The molecule has 6 heteroatoms. The minimum atomic E-state index is -2.00. The van der Waals surface area contributed by atoms with Gasteiger partial charge in [0.15, 0.2) is 5.78 Å². The van der Waals surface area contributed by atoms with E-state index >= 15 is 0 Å². The summed E-state index contributed by atoms with van der Waals surface area (Å²) in [4.78, 5) is 16.2. The van der Waals surface area contributed by atoms with Gasteiger partial charge in [0.25, 0.3) is 0 Å². The maximum atomic E-state index is 11.5. The minimum Gasteiger partial charge on any atom is 0 e. The summed E-state index contributed by atoms with van der Waals surface area (Å²) in [6.45, 7) is 11.1. The van der Waals surface area contributed by atoms with E-state index in [1.165, 1.54) is 26.6 Å². The Bertz CT molecular complexity index is 1920. The summed E-state index contributed by atoms with van der Waals surface area (Å²) in [5.74, 6) is 7.41. The number of carbonyl (C=O) groups excluding carboxylic acids is 1. The Hall–Kier alpha value is -3.30. The van der Waals surface area contributed by atoms with Gasteiger partial charge in [-0.05, 0) is 0 Å². The second kappa shape index (κ2) is 13.4. The smallest absolute Gasteiger partial charge is 0 e. The van der Waals surface area contributed by atoms with Crippen molar-refractivity contribution in [2.45, 2.75) is 58.8 Å². The molecule has 0 aliphatic heterocycles. The molecule has 4 aromatic carbocycles. The predicted octanol–water partition coefficient (Wildman–Crippen LogP) is 9.51. The number of nitriles is 1. The molecule has 44 heavy (non-hydrogen) atoms. The van der Waals surface area contributed by atoms with Crippen molar-refractivity contribution in [1.82, 2.24) is 4.98 Å². The summed E-state index contributed by atoms with van der Waals surface area (Å²) in [5, 5.41) is 26.0. The largest absolute Gasteiger partial charge is 0 e. The predicted molar refractivity (Wildman–Crippen MR) is 183 cm³/mol. The summed E-state index contributed by atoms with van der Waals surface area (Å²) in [7, 11) is 0. The fraction of sp³-hybridized carbons (Fsp3) is 0.289. The van der Waals surface area contributed by atoms with Crippen molar-refractivity contribution >= 4 is 55.8 Å². The number of allylic oxidation sites excluding steroid dienone is 2. The van der Waals surface area contributed by atoms with Crippen LogP contribution in [0.2, 0.25) is 17.3 Å². The molecule has 0 aliphatic carbocycles. The van der Waals surface area contributed by atoms with Gasteiger partial charge in [0, 0.05) is 37.0 Å². The van der Waals surface area contributed by atoms with Crippen molar-refractivity contribution in [3.63, 3.8) is 0 Å². The van der Waals surface area contributed by atoms with E-state index in [0.29, 0.717) is 5.56 Å². The summed E-state index contributed by atoms with van der Waals surface area (Å²) in [5.41, 5.74) is 1.63. The van der Waals surface area contributed by atoms with Crippen molar-refractivity contribution < 1.29 is 30.0 Å².